The molecule has 23 heavy (non-hydrogen) atoms. The summed E-state index contributed by atoms with van der Waals surface area (Å²) in [6.07, 6.45) is 0. The molecule has 0 aliphatic heterocycles. The molecule has 0 atom stereocenters. The van der Waals surface area contributed by atoms with E-state index in [1.807, 2.05) is 49.4 Å². The van der Waals surface area contributed by atoms with Crippen LogP contribution in [0.25, 0.3) is 0 Å². The number of nitrogens with zero attached hydrogens (tertiary/aromatic N) is 1. The van der Waals surface area contributed by atoms with Gasteiger partial charge in [0.2, 0.25) is 0 Å². The first-order chi connectivity index (χ1) is 11.0. The Kier molecular flexibility index (Phi) is 6.04. The fourth-order valence-corrected chi connectivity index (χ4v) is 2.58. The third-order valence-corrected chi connectivity index (χ3v) is 3.92. The second-order valence-corrected chi connectivity index (χ2v) is 6.23. The summed E-state index contributed by atoms with van der Waals surface area (Å²) in [7, 11) is 3.37. The number of amides is 1. The third-order valence-electron chi connectivity index (χ3n) is 3.43. The fourth-order valence-electron chi connectivity index (χ4n) is 2.17. The fraction of sp³-hybridized carbons (Fsp3) is 0.278. The Morgan fingerprint density at radius 3 is 2.70 bits per heavy atom. The molecule has 0 spiro atoms. The van der Waals surface area contributed by atoms with Gasteiger partial charge in [-0.15, -0.1) is 0 Å². The van der Waals surface area contributed by atoms with Crippen LogP contribution in [0.1, 0.15) is 11.1 Å². The molecule has 0 fully saturated rings. The molecule has 0 saturated carbocycles. The molecule has 122 valence electrons. The number of rotatable bonds is 6. The van der Waals surface area contributed by atoms with Crippen LogP contribution in [0.3, 0.4) is 0 Å². The van der Waals surface area contributed by atoms with E-state index in [1.165, 1.54) is 0 Å². The lowest BCUT2D eigenvalue weighted by Crippen LogP contribution is -2.31. The van der Waals surface area contributed by atoms with Crippen LogP contribution in [0.15, 0.2) is 46.9 Å². The van der Waals surface area contributed by atoms with Crippen molar-refractivity contribution in [2.24, 2.45) is 0 Å². The summed E-state index contributed by atoms with van der Waals surface area (Å²) < 4.78 is 11.8. The SMILES string of the molecule is COc1ccc(Br)cc1CN(C)C(=O)COc1cccc(C)c1. The predicted molar refractivity (Wildman–Crippen MR) is 93.8 cm³/mol. The minimum absolute atomic E-state index is 0.0102. The molecule has 0 aliphatic carbocycles. The summed E-state index contributed by atoms with van der Waals surface area (Å²) in [5.41, 5.74) is 2.04. The molecule has 0 aromatic heterocycles. The number of halogens is 1. The van der Waals surface area contributed by atoms with Crippen LogP contribution < -0.4 is 9.47 Å². The van der Waals surface area contributed by atoms with Crippen molar-refractivity contribution in [3.8, 4) is 11.5 Å². The number of aryl methyl sites for hydroxylation is 1. The van der Waals surface area contributed by atoms with Gasteiger partial charge in [-0.3, -0.25) is 4.79 Å². The molecule has 1 amide bonds. The molecule has 4 nitrogen and oxygen atoms in total. The highest BCUT2D eigenvalue weighted by atomic mass is 79.9. The number of benzene rings is 2. The maximum absolute atomic E-state index is 12.2. The van der Waals surface area contributed by atoms with Gasteiger partial charge in [0.25, 0.3) is 5.91 Å². The van der Waals surface area contributed by atoms with Crippen LogP contribution in [0.5, 0.6) is 11.5 Å². The van der Waals surface area contributed by atoms with Gasteiger partial charge >= 0.3 is 0 Å². The van der Waals surface area contributed by atoms with Gasteiger partial charge in [0, 0.05) is 23.6 Å². The third kappa shape index (κ3) is 4.99. The number of carbonyl (C=O) groups excluding carboxylic acids is 1. The Hall–Kier alpha value is -2.01. The van der Waals surface area contributed by atoms with Gasteiger partial charge < -0.3 is 14.4 Å². The van der Waals surface area contributed by atoms with E-state index in [1.54, 1.807) is 19.1 Å². The maximum atomic E-state index is 12.2. The van der Waals surface area contributed by atoms with Crippen LogP contribution >= 0.6 is 15.9 Å². The van der Waals surface area contributed by atoms with E-state index in [-0.39, 0.29) is 12.5 Å². The summed E-state index contributed by atoms with van der Waals surface area (Å²) >= 11 is 3.44. The van der Waals surface area contributed by atoms with E-state index in [4.69, 9.17) is 9.47 Å². The zero-order chi connectivity index (χ0) is 16.8. The molecule has 0 unspecified atom stereocenters. The monoisotopic (exact) mass is 377 g/mol. The highest BCUT2D eigenvalue weighted by molar-refractivity contribution is 9.10. The van der Waals surface area contributed by atoms with E-state index < -0.39 is 0 Å². The molecule has 2 aromatic rings. The highest BCUT2D eigenvalue weighted by Crippen LogP contribution is 2.24. The van der Waals surface area contributed by atoms with Crippen LogP contribution in [0.2, 0.25) is 0 Å². The van der Waals surface area contributed by atoms with Crippen molar-refractivity contribution in [3.63, 3.8) is 0 Å². The van der Waals surface area contributed by atoms with Gasteiger partial charge in [0.15, 0.2) is 6.61 Å². The Bertz CT molecular complexity index is 688. The summed E-state index contributed by atoms with van der Waals surface area (Å²) in [6, 6.07) is 13.4. The Morgan fingerprint density at radius 1 is 1.22 bits per heavy atom. The maximum Gasteiger partial charge on any atom is 0.260 e. The Balaban J connectivity index is 1.96. The van der Waals surface area contributed by atoms with Gasteiger partial charge in [-0.05, 0) is 42.8 Å². The molecule has 0 N–H and O–H groups in total. The topological polar surface area (TPSA) is 38.8 Å². The van der Waals surface area contributed by atoms with Crippen molar-refractivity contribution < 1.29 is 14.3 Å². The molecule has 2 aromatic carbocycles. The summed E-state index contributed by atoms with van der Waals surface area (Å²) in [4.78, 5) is 13.9. The molecule has 0 bridgehead atoms. The highest BCUT2D eigenvalue weighted by Gasteiger charge is 2.13. The van der Waals surface area contributed by atoms with Gasteiger partial charge in [-0.2, -0.15) is 0 Å². The average molecular weight is 378 g/mol. The predicted octanol–water partition coefficient (Wildman–Crippen LogP) is 3.80. The van der Waals surface area contributed by atoms with E-state index in [2.05, 4.69) is 15.9 Å². The molecule has 2 rings (SSSR count). The summed E-state index contributed by atoms with van der Waals surface area (Å²) in [5, 5.41) is 0. The molecule has 5 heteroatoms. The Labute approximate surface area is 145 Å². The smallest absolute Gasteiger partial charge is 0.260 e. The molecule has 0 aliphatic rings. The number of hydrogen-bond donors (Lipinski definition) is 0. The van der Waals surface area contributed by atoms with Gasteiger partial charge in [0.1, 0.15) is 11.5 Å². The first-order valence-electron chi connectivity index (χ1n) is 7.25. The quantitative estimate of drug-likeness (QED) is 0.768. The van der Waals surface area contributed by atoms with Gasteiger partial charge in [-0.25, -0.2) is 0 Å². The number of methoxy groups -OCH3 is 1. The molecular weight excluding hydrogens is 358 g/mol. The summed E-state index contributed by atoms with van der Waals surface area (Å²) in [6.45, 7) is 2.45. The van der Waals surface area contributed by atoms with E-state index in [0.717, 1.165) is 21.3 Å². The lowest BCUT2D eigenvalue weighted by atomic mass is 10.2. The second kappa shape index (κ2) is 8.02. The number of ether oxygens (including phenoxy) is 2. The minimum atomic E-state index is -0.0893. The van der Waals surface area contributed by atoms with Crippen molar-refractivity contribution in [1.29, 1.82) is 0 Å². The average Bonchev–Trinajstić information content (AvgIpc) is 2.53. The zero-order valence-corrected chi connectivity index (χ0v) is 15.1. The van der Waals surface area contributed by atoms with Crippen molar-refractivity contribution in [3.05, 3.63) is 58.1 Å². The molecular formula is C18H20BrNO3. The summed E-state index contributed by atoms with van der Waals surface area (Å²) in [5.74, 6) is 1.37. The van der Waals surface area contributed by atoms with Crippen molar-refractivity contribution in [2.45, 2.75) is 13.5 Å². The second-order valence-electron chi connectivity index (χ2n) is 5.31. The normalized spacial score (nSPS) is 10.3. The van der Waals surface area contributed by atoms with E-state index >= 15 is 0 Å². The van der Waals surface area contributed by atoms with E-state index in [0.29, 0.717) is 12.3 Å². The molecule has 0 saturated heterocycles. The largest absolute Gasteiger partial charge is 0.496 e. The molecule has 0 radical (unpaired) electrons. The molecule has 0 heterocycles. The van der Waals surface area contributed by atoms with Crippen LogP contribution in [-0.2, 0) is 11.3 Å². The van der Waals surface area contributed by atoms with Crippen LogP contribution in [0.4, 0.5) is 0 Å². The van der Waals surface area contributed by atoms with Gasteiger partial charge in [0.05, 0.1) is 7.11 Å². The van der Waals surface area contributed by atoms with Crippen LogP contribution in [0, 0.1) is 6.92 Å². The number of likely N-dealkylation sites (N-methyl/N-ethyl adjacent to an activating group) is 1. The van der Waals surface area contributed by atoms with E-state index in [9.17, 15) is 4.79 Å². The first kappa shape index (κ1) is 17.3. The van der Waals surface area contributed by atoms with Crippen molar-refractivity contribution in [2.75, 3.05) is 20.8 Å². The number of hydrogen-bond acceptors (Lipinski definition) is 3. The van der Waals surface area contributed by atoms with Crippen molar-refractivity contribution in [1.82, 2.24) is 4.90 Å². The minimum Gasteiger partial charge on any atom is -0.496 e. The first-order valence-corrected chi connectivity index (χ1v) is 8.04. The lowest BCUT2D eigenvalue weighted by molar-refractivity contribution is -0.132. The van der Waals surface area contributed by atoms with Crippen LogP contribution in [-0.4, -0.2) is 31.6 Å². The van der Waals surface area contributed by atoms with Crippen molar-refractivity contribution >= 4 is 21.8 Å². The zero-order valence-electron chi connectivity index (χ0n) is 13.5. The van der Waals surface area contributed by atoms with Gasteiger partial charge in [-0.1, -0.05) is 28.1 Å². The Morgan fingerprint density at radius 2 is 2.00 bits per heavy atom. The standard InChI is InChI=1S/C18H20BrNO3/c1-13-5-4-6-16(9-13)23-12-18(21)20(2)11-14-10-15(19)7-8-17(14)22-3/h4-10H,11-12H2,1-3H3. The number of carbonyl (C=O) groups is 1. The lowest BCUT2D eigenvalue weighted by Gasteiger charge is -2.19.